The van der Waals surface area contributed by atoms with Gasteiger partial charge >= 0.3 is 0 Å². The number of aryl methyl sites for hydroxylation is 1. The zero-order valence-corrected chi connectivity index (χ0v) is 17.9. The summed E-state index contributed by atoms with van der Waals surface area (Å²) in [5.41, 5.74) is 3.11. The highest BCUT2D eigenvalue weighted by molar-refractivity contribution is 6.32. The summed E-state index contributed by atoms with van der Waals surface area (Å²) in [5.74, 6) is -0.0243. The van der Waals surface area contributed by atoms with Crippen LogP contribution in [0.5, 0.6) is 0 Å². The van der Waals surface area contributed by atoms with Crippen molar-refractivity contribution in [1.82, 2.24) is 9.80 Å². The van der Waals surface area contributed by atoms with Gasteiger partial charge in [-0.05, 0) is 43.2 Å². The Bertz CT molecular complexity index is 977. The van der Waals surface area contributed by atoms with E-state index in [4.69, 9.17) is 16.9 Å². The second kappa shape index (κ2) is 9.75. The van der Waals surface area contributed by atoms with Gasteiger partial charge in [-0.3, -0.25) is 14.5 Å². The van der Waals surface area contributed by atoms with Crippen LogP contribution in [0.15, 0.2) is 42.5 Å². The third kappa shape index (κ3) is 5.18. The van der Waals surface area contributed by atoms with E-state index in [0.29, 0.717) is 48.9 Å². The Hall–Kier alpha value is -2.88. The average Bonchev–Trinajstić information content (AvgIpc) is 2.75. The van der Waals surface area contributed by atoms with E-state index in [-0.39, 0.29) is 17.9 Å². The van der Waals surface area contributed by atoms with E-state index in [0.717, 1.165) is 11.1 Å². The summed E-state index contributed by atoms with van der Waals surface area (Å²) in [5, 5.41) is 12.1. The zero-order valence-electron chi connectivity index (χ0n) is 17.2. The second-order valence-corrected chi connectivity index (χ2v) is 7.90. The Labute approximate surface area is 182 Å². The molecule has 2 amide bonds. The SMILES string of the molecule is Cc1ccccc1CC(=O)N1CCN(C(C)C(=O)Nc2ccc(C#N)c(Cl)c2)CC1. The number of nitrogens with zero attached hydrogens (tertiary/aromatic N) is 3. The molecule has 0 aromatic heterocycles. The molecular formula is C23H25ClN4O2. The van der Waals surface area contributed by atoms with Gasteiger partial charge in [0, 0.05) is 31.9 Å². The van der Waals surface area contributed by atoms with Gasteiger partial charge in [0.1, 0.15) is 6.07 Å². The van der Waals surface area contributed by atoms with Crippen molar-refractivity contribution in [2.45, 2.75) is 26.3 Å². The Balaban J connectivity index is 1.52. The molecule has 6 nitrogen and oxygen atoms in total. The lowest BCUT2D eigenvalue weighted by atomic mass is 10.0. The first-order valence-corrected chi connectivity index (χ1v) is 10.3. The van der Waals surface area contributed by atoms with E-state index < -0.39 is 0 Å². The smallest absolute Gasteiger partial charge is 0.241 e. The maximum absolute atomic E-state index is 12.6. The van der Waals surface area contributed by atoms with Gasteiger partial charge in [-0.15, -0.1) is 0 Å². The molecule has 3 rings (SSSR count). The Morgan fingerprint density at radius 1 is 1.17 bits per heavy atom. The normalized spacial score (nSPS) is 15.3. The van der Waals surface area contributed by atoms with E-state index >= 15 is 0 Å². The Morgan fingerprint density at radius 3 is 2.50 bits per heavy atom. The fourth-order valence-electron chi connectivity index (χ4n) is 3.54. The summed E-state index contributed by atoms with van der Waals surface area (Å²) in [7, 11) is 0. The quantitative estimate of drug-likeness (QED) is 0.799. The molecule has 1 aliphatic rings. The van der Waals surface area contributed by atoms with Crippen LogP contribution in [0.2, 0.25) is 5.02 Å². The van der Waals surface area contributed by atoms with E-state index in [1.807, 2.05) is 49.1 Å². The van der Waals surface area contributed by atoms with Crippen LogP contribution in [0, 0.1) is 18.3 Å². The van der Waals surface area contributed by atoms with Crippen molar-refractivity contribution >= 4 is 29.1 Å². The third-order valence-electron chi connectivity index (χ3n) is 5.55. The van der Waals surface area contributed by atoms with Gasteiger partial charge < -0.3 is 10.2 Å². The van der Waals surface area contributed by atoms with Gasteiger partial charge in [0.05, 0.1) is 23.0 Å². The number of nitriles is 1. The molecule has 0 radical (unpaired) electrons. The minimum atomic E-state index is -0.340. The molecule has 1 fully saturated rings. The molecule has 1 saturated heterocycles. The maximum Gasteiger partial charge on any atom is 0.241 e. The first kappa shape index (κ1) is 21.8. The van der Waals surface area contributed by atoms with Gasteiger partial charge in [-0.2, -0.15) is 5.26 Å². The monoisotopic (exact) mass is 424 g/mol. The molecule has 1 heterocycles. The standard InChI is InChI=1S/C23H25ClN4O2/c1-16-5-3-4-6-18(16)13-22(29)28-11-9-27(10-12-28)17(2)23(30)26-20-8-7-19(15-25)21(24)14-20/h3-8,14,17H,9-13H2,1-2H3,(H,26,30). The predicted molar refractivity (Wildman–Crippen MR) is 117 cm³/mol. The van der Waals surface area contributed by atoms with Crippen molar-refractivity contribution in [3.63, 3.8) is 0 Å². The van der Waals surface area contributed by atoms with E-state index in [1.165, 1.54) is 0 Å². The number of benzene rings is 2. The molecule has 2 aromatic rings. The fraction of sp³-hybridized carbons (Fsp3) is 0.348. The van der Waals surface area contributed by atoms with Gasteiger partial charge in [0.15, 0.2) is 0 Å². The molecule has 1 aliphatic heterocycles. The summed E-state index contributed by atoms with van der Waals surface area (Å²) in [6, 6.07) is 14.4. The Morgan fingerprint density at radius 2 is 1.87 bits per heavy atom. The molecule has 0 aliphatic carbocycles. The summed E-state index contributed by atoms with van der Waals surface area (Å²) in [4.78, 5) is 29.2. The average molecular weight is 425 g/mol. The summed E-state index contributed by atoms with van der Waals surface area (Å²) >= 11 is 6.03. The number of hydrogen-bond donors (Lipinski definition) is 1. The largest absolute Gasteiger partial charge is 0.340 e. The Kier molecular flexibility index (Phi) is 7.09. The van der Waals surface area contributed by atoms with Crippen LogP contribution in [0.1, 0.15) is 23.6 Å². The van der Waals surface area contributed by atoms with Crippen LogP contribution >= 0.6 is 11.6 Å². The fourth-order valence-corrected chi connectivity index (χ4v) is 3.76. The molecular weight excluding hydrogens is 400 g/mol. The zero-order chi connectivity index (χ0) is 21.7. The number of carbonyl (C=O) groups excluding carboxylic acids is 2. The number of nitrogens with one attached hydrogen (secondary N) is 1. The van der Waals surface area contributed by atoms with Crippen LogP contribution in [0.25, 0.3) is 0 Å². The van der Waals surface area contributed by atoms with Crippen LogP contribution in [-0.4, -0.2) is 53.8 Å². The van der Waals surface area contributed by atoms with Crippen LogP contribution in [0.3, 0.4) is 0 Å². The highest BCUT2D eigenvalue weighted by Gasteiger charge is 2.27. The summed E-state index contributed by atoms with van der Waals surface area (Å²) in [6.45, 7) is 6.35. The molecule has 0 spiro atoms. The number of halogens is 1. The molecule has 1 N–H and O–H groups in total. The number of amides is 2. The van der Waals surface area contributed by atoms with Crippen molar-refractivity contribution in [1.29, 1.82) is 5.26 Å². The number of carbonyl (C=O) groups is 2. The van der Waals surface area contributed by atoms with Gasteiger partial charge in [0.25, 0.3) is 0 Å². The second-order valence-electron chi connectivity index (χ2n) is 7.49. The van der Waals surface area contributed by atoms with Crippen molar-refractivity contribution in [3.05, 3.63) is 64.2 Å². The molecule has 1 atom stereocenters. The number of hydrogen-bond acceptors (Lipinski definition) is 4. The lowest BCUT2D eigenvalue weighted by Gasteiger charge is -2.37. The van der Waals surface area contributed by atoms with Crippen molar-refractivity contribution in [2.24, 2.45) is 0 Å². The first-order valence-electron chi connectivity index (χ1n) is 9.96. The van der Waals surface area contributed by atoms with Crippen LogP contribution in [-0.2, 0) is 16.0 Å². The summed E-state index contributed by atoms with van der Waals surface area (Å²) in [6.07, 6.45) is 0.405. The summed E-state index contributed by atoms with van der Waals surface area (Å²) < 4.78 is 0. The molecule has 0 bridgehead atoms. The van der Waals surface area contributed by atoms with Crippen LogP contribution in [0.4, 0.5) is 5.69 Å². The minimum Gasteiger partial charge on any atom is -0.340 e. The highest BCUT2D eigenvalue weighted by Crippen LogP contribution is 2.21. The maximum atomic E-state index is 12.6. The topological polar surface area (TPSA) is 76.4 Å². The minimum absolute atomic E-state index is 0.119. The number of anilines is 1. The van der Waals surface area contributed by atoms with Crippen molar-refractivity contribution < 1.29 is 9.59 Å². The van der Waals surface area contributed by atoms with Crippen molar-refractivity contribution in [3.8, 4) is 6.07 Å². The third-order valence-corrected chi connectivity index (χ3v) is 5.87. The first-order chi connectivity index (χ1) is 14.4. The highest BCUT2D eigenvalue weighted by atomic mass is 35.5. The van der Waals surface area contributed by atoms with E-state index in [2.05, 4.69) is 10.2 Å². The number of rotatable bonds is 5. The molecule has 1 unspecified atom stereocenters. The van der Waals surface area contributed by atoms with Crippen LogP contribution < -0.4 is 5.32 Å². The molecule has 2 aromatic carbocycles. The molecule has 0 saturated carbocycles. The van der Waals surface area contributed by atoms with E-state index in [1.54, 1.807) is 18.2 Å². The predicted octanol–water partition coefficient (Wildman–Crippen LogP) is 3.23. The lowest BCUT2D eigenvalue weighted by molar-refractivity contribution is -0.133. The van der Waals surface area contributed by atoms with Gasteiger partial charge in [-0.1, -0.05) is 35.9 Å². The lowest BCUT2D eigenvalue weighted by Crippen LogP contribution is -2.54. The number of piperazine rings is 1. The molecule has 156 valence electrons. The van der Waals surface area contributed by atoms with E-state index in [9.17, 15) is 9.59 Å². The van der Waals surface area contributed by atoms with Gasteiger partial charge in [0.2, 0.25) is 11.8 Å². The van der Waals surface area contributed by atoms with Crippen molar-refractivity contribution in [2.75, 3.05) is 31.5 Å². The van der Waals surface area contributed by atoms with Gasteiger partial charge in [-0.25, -0.2) is 0 Å². The molecule has 7 heteroatoms. The molecule has 30 heavy (non-hydrogen) atoms.